The van der Waals surface area contributed by atoms with Crippen LogP contribution in [0.5, 0.6) is 0 Å². The first-order valence-corrected chi connectivity index (χ1v) is 9.15. The van der Waals surface area contributed by atoms with Crippen molar-refractivity contribution >= 4 is 29.7 Å². The molecule has 0 radical (unpaired) electrons. The van der Waals surface area contributed by atoms with Crippen LogP contribution in [0.1, 0.15) is 27.7 Å². The molecular formula is C16H28N2O6S. The van der Waals surface area contributed by atoms with E-state index in [-0.39, 0.29) is 12.6 Å². The Labute approximate surface area is 152 Å². The first kappa shape index (κ1) is 23.3. The number of carbonyl (C=O) groups excluding carboxylic acids is 2. The van der Waals surface area contributed by atoms with E-state index in [0.717, 1.165) is 11.8 Å². The highest BCUT2D eigenvalue weighted by Gasteiger charge is 2.32. The predicted molar refractivity (Wildman–Crippen MR) is 96.2 cm³/mol. The van der Waals surface area contributed by atoms with Gasteiger partial charge in [-0.2, -0.15) is 0 Å². The fourth-order valence-electron chi connectivity index (χ4n) is 1.79. The van der Waals surface area contributed by atoms with Crippen molar-refractivity contribution in [3.8, 4) is 0 Å². The van der Waals surface area contributed by atoms with Gasteiger partial charge in [0.15, 0.2) is 6.10 Å². The number of thioether (sulfide) groups is 1. The first-order valence-electron chi connectivity index (χ1n) is 8.00. The monoisotopic (exact) mass is 376 g/mol. The molecule has 0 spiro atoms. The largest absolute Gasteiger partial charge is 0.478 e. The molecule has 0 saturated heterocycles. The fourth-order valence-corrected chi connectivity index (χ4v) is 2.15. The van der Waals surface area contributed by atoms with Crippen LogP contribution in [0.4, 0.5) is 4.79 Å². The van der Waals surface area contributed by atoms with Gasteiger partial charge in [0.2, 0.25) is 0 Å². The van der Waals surface area contributed by atoms with E-state index in [0.29, 0.717) is 5.94 Å². The predicted octanol–water partition coefficient (Wildman–Crippen LogP) is 1.91. The summed E-state index contributed by atoms with van der Waals surface area (Å²) in [5.74, 6) is -0.533. The summed E-state index contributed by atoms with van der Waals surface area (Å²) < 4.78 is 10.6. The average molecular weight is 376 g/mol. The number of hydrogen-bond acceptors (Lipinski definition) is 6. The molecule has 0 aromatic rings. The molecule has 0 aromatic heterocycles. The van der Waals surface area contributed by atoms with E-state index >= 15 is 0 Å². The second kappa shape index (κ2) is 12.6. The molecule has 8 nitrogen and oxygen atoms in total. The van der Waals surface area contributed by atoms with Crippen LogP contribution in [-0.4, -0.2) is 65.6 Å². The van der Waals surface area contributed by atoms with Gasteiger partial charge in [0.05, 0.1) is 12.0 Å². The van der Waals surface area contributed by atoms with Crippen LogP contribution in [-0.2, 0) is 19.1 Å². The van der Waals surface area contributed by atoms with Crippen molar-refractivity contribution in [2.24, 2.45) is 5.92 Å². The molecule has 0 saturated carbocycles. The average Bonchev–Trinajstić information content (AvgIpc) is 2.56. The Morgan fingerprint density at radius 2 is 1.92 bits per heavy atom. The maximum Gasteiger partial charge on any atom is 0.407 e. The molecule has 2 atom stereocenters. The zero-order chi connectivity index (χ0) is 19.4. The lowest BCUT2D eigenvalue weighted by molar-refractivity contribution is -0.149. The van der Waals surface area contributed by atoms with Gasteiger partial charge in [0, 0.05) is 13.1 Å². The summed E-state index contributed by atoms with van der Waals surface area (Å²) >= 11 is 1.55. The Morgan fingerprint density at radius 3 is 2.40 bits per heavy atom. The Bertz CT molecular complexity index is 470. The SMILES string of the molecule is CCSCOCN(C(=O)C(OC(=O)NC)C(C)C)C(C)/C=C/C(=O)O. The van der Waals surface area contributed by atoms with Crippen LogP contribution in [0.25, 0.3) is 0 Å². The van der Waals surface area contributed by atoms with Gasteiger partial charge in [-0.05, 0) is 18.6 Å². The molecule has 144 valence electrons. The molecule has 0 aliphatic heterocycles. The van der Waals surface area contributed by atoms with Crippen LogP contribution >= 0.6 is 11.8 Å². The zero-order valence-electron chi connectivity index (χ0n) is 15.4. The van der Waals surface area contributed by atoms with Gasteiger partial charge in [-0.1, -0.05) is 26.8 Å². The van der Waals surface area contributed by atoms with Crippen LogP contribution in [0.3, 0.4) is 0 Å². The molecule has 9 heteroatoms. The number of hydrogen-bond donors (Lipinski definition) is 2. The molecule has 2 amide bonds. The van der Waals surface area contributed by atoms with Crippen LogP contribution < -0.4 is 5.32 Å². The molecule has 25 heavy (non-hydrogen) atoms. The van der Waals surface area contributed by atoms with E-state index in [1.165, 1.54) is 18.0 Å². The summed E-state index contributed by atoms with van der Waals surface area (Å²) in [6.07, 6.45) is 0.648. The third kappa shape index (κ3) is 9.35. The third-order valence-electron chi connectivity index (χ3n) is 3.18. The molecule has 0 bridgehead atoms. The minimum atomic E-state index is -1.11. The summed E-state index contributed by atoms with van der Waals surface area (Å²) in [7, 11) is 1.41. The molecule has 2 unspecified atom stereocenters. The minimum absolute atomic E-state index is 0.0305. The van der Waals surface area contributed by atoms with Gasteiger partial charge >= 0.3 is 12.1 Å². The Balaban J connectivity index is 5.25. The first-order chi connectivity index (χ1) is 11.7. The number of amides is 2. The number of carboxylic acid groups (broad SMARTS) is 1. The number of rotatable bonds is 11. The second-order valence-electron chi connectivity index (χ2n) is 5.51. The highest BCUT2D eigenvalue weighted by Crippen LogP contribution is 2.15. The molecule has 0 aliphatic rings. The van der Waals surface area contributed by atoms with Gasteiger partial charge in [-0.15, -0.1) is 11.8 Å². The van der Waals surface area contributed by atoms with Gasteiger partial charge in [0.1, 0.15) is 6.73 Å². The Kier molecular flexibility index (Phi) is 11.7. The van der Waals surface area contributed by atoms with Gasteiger partial charge in [0.25, 0.3) is 5.91 Å². The van der Waals surface area contributed by atoms with E-state index in [4.69, 9.17) is 14.6 Å². The molecule has 0 aromatic carbocycles. The summed E-state index contributed by atoms with van der Waals surface area (Å²) in [5, 5.41) is 11.1. The van der Waals surface area contributed by atoms with Crippen molar-refractivity contribution < 1.29 is 29.0 Å². The highest BCUT2D eigenvalue weighted by molar-refractivity contribution is 7.99. The summed E-state index contributed by atoms with van der Waals surface area (Å²) in [6, 6.07) is -0.537. The lowest BCUT2D eigenvalue weighted by Gasteiger charge is -2.31. The normalized spacial score (nSPS) is 13.5. The number of ether oxygens (including phenoxy) is 2. The van der Waals surface area contributed by atoms with Crippen molar-refractivity contribution in [1.82, 2.24) is 10.2 Å². The van der Waals surface area contributed by atoms with Crippen molar-refractivity contribution in [3.05, 3.63) is 12.2 Å². The van der Waals surface area contributed by atoms with Crippen LogP contribution in [0.15, 0.2) is 12.2 Å². The second-order valence-corrected chi connectivity index (χ2v) is 6.73. The smallest absolute Gasteiger partial charge is 0.407 e. The highest BCUT2D eigenvalue weighted by atomic mass is 32.2. The zero-order valence-corrected chi connectivity index (χ0v) is 16.2. The van der Waals surface area contributed by atoms with Gasteiger partial charge in [-0.3, -0.25) is 4.79 Å². The number of carbonyl (C=O) groups is 3. The van der Waals surface area contributed by atoms with Crippen molar-refractivity contribution in [2.45, 2.75) is 39.8 Å². The molecule has 0 rings (SSSR count). The van der Waals surface area contributed by atoms with Crippen molar-refractivity contribution in [1.29, 1.82) is 0 Å². The Morgan fingerprint density at radius 1 is 1.28 bits per heavy atom. The molecular weight excluding hydrogens is 348 g/mol. The van der Waals surface area contributed by atoms with Crippen LogP contribution in [0, 0.1) is 5.92 Å². The molecule has 2 N–H and O–H groups in total. The lowest BCUT2D eigenvalue weighted by Crippen LogP contribution is -2.49. The topological polar surface area (TPSA) is 105 Å². The molecule has 0 heterocycles. The number of alkyl carbamates (subject to hydrolysis) is 1. The summed E-state index contributed by atoms with van der Waals surface area (Å²) in [5.41, 5.74) is 0. The summed E-state index contributed by atoms with van der Waals surface area (Å²) in [4.78, 5) is 36.4. The van der Waals surface area contributed by atoms with E-state index in [1.807, 2.05) is 6.92 Å². The van der Waals surface area contributed by atoms with E-state index in [2.05, 4.69) is 5.32 Å². The maximum atomic E-state index is 12.8. The van der Waals surface area contributed by atoms with Gasteiger partial charge in [-0.25, -0.2) is 9.59 Å². The number of carboxylic acids is 1. The van der Waals surface area contributed by atoms with Gasteiger partial charge < -0.3 is 24.8 Å². The fraction of sp³-hybridized carbons (Fsp3) is 0.688. The lowest BCUT2D eigenvalue weighted by atomic mass is 10.1. The number of aliphatic carboxylic acids is 1. The molecule has 0 aliphatic carbocycles. The number of nitrogens with one attached hydrogen (secondary N) is 1. The van der Waals surface area contributed by atoms with E-state index in [9.17, 15) is 14.4 Å². The van der Waals surface area contributed by atoms with Crippen molar-refractivity contribution in [2.75, 3.05) is 25.5 Å². The van der Waals surface area contributed by atoms with E-state index < -0.39 is 30.1 Å². The Hall–Kier alpha value is -1.74. The van der Waals surface area contributed by atoms with E-state index in [1.54, 1.807) is 32.5 Å². The van der Waals surface area contributed by atoms with Crippen LogP contribution in [0.2, 0.25) is 0 Å². The quantitative estimate of drug-likeness (QED) is 0.322. The molecule has 0 fully saturated rings. The third-order valence-corrected chi connectivity index (χ3v) is 3.92. The van der Waals surface area contributed by atoms with Crippen molar-refractivity contribution in [3.63, 3.8) is 0 Å². The number of nitrogens with zero attached hydrogens (tertiary/aromatic N) is 1. The maximum absolute atomic E-state index is 12.8. The standard InChI is InChI=1S/C16H28N2O6S/c1-6-25-10-23-9-18(12(4)7-8-13(19)20)15(21)14(11(2)3)24-16(22)17-5/h7-8,11-12,14H,6,9-10H2,1-5H3,(H,17,22)(H,19,20)/b8-7+. The summed E-state index contributed by atoms with van der Waals surface area (Å²) in [6.45, 7) is 7.15. The minimum Gasteiger partial charge on any atom is -0.478 e.